The fourth-order valence-electron chi connectivity index (χ4n) is 12.5. The Balaban J connectivity index is 0.0000000932. The van der Waals surface area contributed by atoms with Gasteiger partial charge < -0.3 is 0 Å². The van der Waals surface area contributed by atoms with Crippen LogP contribution in [0.1, 0.15) is 44.5 Å². The van der Waals surface area contributed by atoms with E-state index < -0.39 is 0 Å². The third-order valence-electron chi connectivity index (χ3n) is 17.0. The lowest BCUT2D eigenvalue weighted by Crippen LogP contribution is -2.18. The highest BCUT2D eigenvalue weighted by Crippen LogP contribution is 2.47. The zero-order valence-corrected chi connectivity index (χ0v) is 54.9. The van der Waals surface area contributed by atoms with Crippen LogP contribution in [0.2, 0.25) is 0 Å². The van der Waals surface area contributed by atoms with Gasteiger partial charge in [0.05, 0.1) is 0 Å². The minimum absolute atomic E-state index is 0.0362. The minimum atomic E-state index is 0.0362. The van der Waals surface area contributed by atoms with Crippen molar-refractivity contribution in [3.63, 3.8) is 0 Å². The standard InChI is InChI=1S/C20H10O2S2.C20H12OS2.C20H14S2.C20H12S2/c21-19-11-5-1-3-7-15(11)23-17-10-14-18(9-13(17)19)24-16-8-4-2-6-12(16)20(14)22;21-20-14-6-2-4-8-17(14)23-19-10-13-9-12-5-1-3-7-16(12)22-18(13)11-15(19)20;2*1-3-7-17-13(5-1)9-15-11-20-16(12-19(15)21-17)10-14-6-2-4-8-18(14)22-20/h1-10H;1-8,10-11H,9H2;1-8,11-12H,9-10H2;1-12H. The number of hydrogen-bond donors (Lipinski definition) is 0. The molecule has 0 unspecified atom stereocenters. The van der Waals surface area contributed by atoms with Crippen LogP contribution < -0.4 is 26.7 Å². The largest absolute Gasteiger partial charge is 0.289 e. The van der Waals surface area contributed by atoms with Crippen LogP contribution in [0.15, 0.2) is 306 Å². The van der Waals surface area contributed by atoms with E-state index in [1.807, 2.05) is 132 Å². The number of rotatable bonds is 0. The molecule has 0 radical (unpaired) electrons. The first-order valence-electron chi connectivity index (χ1n) is 29.9. The summed E-state index contributed by atoms with van der Waals surface area (Å²) in [5.74, 6) is 0. The molecule has 0 spiro atoms. The Morgan fingerprint density at radius 3 is 0.945 bits per heavy atom. The molecule has 5 aliphatic heterocycles. The van der Waals surface area contributed by atoms with E-state index in [0.29, 0.717) is 10.8 Å². The topological polar surface area (TPSA) is 51.2 Å². The maximum absolute atomic E-state index is 12.8. The second-order valence-electron chi connectivity index (χ2n) is 22.8. The van der Waals surface area contributed by atoms with Crippen LogP contribution in [0.5, 0.6) is 0 Å². The van der Waals surface area contributed by atoms with Gasteiger partial charge in [-0.15, -0.1) is 34.0 Å². The van der Waals surface area contributed by atoms with E-state index in [2.05, 4.69) is 170 Å². The first-order valence-corrected chi connectivity index (χ1v) is 36.4. The van der Waals surface area contributed by atoms with Crippen LogP contribution in [0, 0.1) is 0 Å². The average Bonchev–Trinajstić information content (AvgIpc) is 0.876. The van der Waals surface area contributed by atoms with E-state index in [9.17, 15) is 14.4 Å². The summed E-state index contributed by atoms with van der Waals surface area (Å²) in [6.45, 7) is 0. The maximum Gasteiger partial charge on any atom is 0.195 e. The van der Waals surface area contributed by atoms with E-state index in [1.165, 1.54) is 104 Å². The molecule has 0 aliphatic carbocycles. The molecule has 434 valence electrons. The van der Waals surface area contributed by atoms with E-state index >= 15 is 0 Å². The van der Waals surface area contributed by atoms with E-state index in [0.717, 1.165) is 69.0 Å². The molecule has 12 aromatic carbocycles. The van der Waals surface area contributed by atoms with Gasteiger partial charge in [-0.2, -0.15) is 0 Å². The molecule has 0 saturated carbocycles. The lowest BCUT2D eigenvalue weighted by Gasteiger charge is -2.24. The first kappa shape index (κ1) is 56.8. The molecule has 0 amide bonds. The molecule has 15 aromatic rings. The number of benzene rings is 12. The SMILES string of the molecule is C1=c2cc3c(cc2Sc2ccccc21)=Cc1ccccc1S3.O=c1c2ccccc2sc2cc3c(=O)c4ccccc4sc3cc12.O=c1c2ccccc2sc2cc3c(cc12)Sc1ccccc1C3.c1ccc2c(c1)Cc1cc3c(cc1S2)Cc1ccccc1S3. The number of fused-ring (bicyclic) bond motifs is 16. The highest BCUT2D eigenvalue weighted by Gasteiger charge is 2.24. The van der Waals surface area contributed by atoms with Crippen LogP contribution in [0.3, 0.4) is 0 Å². The molecule has 8 heterocycles. The third kappa shape index (κ3) is 10.8. The Labute approximate surface area is 556 Å². The molecule has 3 nitrogen and oxygen atoms in total. The molecule has 0 saturated heterocycles. The fraction of sp³-hybridized carbons (Fsp3) is 0.0375. The lowest BCUT2D eigenvalue weighted by atomic mass is 9.99. The van der Waals surface area contributed by atoms with Gasteiger partial charge in [0.25, 0.3) is 0 Å². The molecule has 0 atom stereocenters. The van der Waals surface area contributed by atoms with Gasteiger partial charge in [-0.05, 0) is 202 Å². The maximum atomic E-state index is 12.8. The molecule has 0 N–H and O–H groups in total. The van der Waals surface area contributed by atoms with Gasteiger partial charge in [0.2, 0.25) is 0 Å². The van der Waals surface area contributed by atoms with Gasteiger partial charge in [-0.1, -0.05) is 186 Å². The Hall–Kier alpha value is -8.20. The van der Waals surface area contributed by atoms with Crippen molar-refractivity contribution >= 4 is 165 Å². The molecule has 20 rings (SSSR count). The van der Waals surface area contributed by atoms with Gasteiger partial charge in [0.15, 0.2) is 16.3 Å². The van der Waals surface area contributed by atoms with Crippen molar-refractivity contribution in [2.45, 2.75) is 68.2 Å². The van der Waals surface area contributed by atoms with Crippen molar-refractivity contribution in [3.05, 3.63) is 328 Å². The molecule has 0 fully saturated rings. The summed E-state index contributed by atoms with van der Waals surface area (Å²) in [7, 11) is 0. The molecule has 91 heavy (non-hydrogen) atoms. The van der Waals surface area contributed by atoms with Crippen LogP contribution in [-0.2, 0) is 19.3 Å². The monoisotopic (exact) mass is 1310 g/mol. The lowest BCUT2D eigenvalue weighted by molar-refractivity contribution is 0.985. The highest BCUT2D eigenvalue weighted by molar-refractivity contribution is 8.00. The zero-order valence-electron chi connectivity index (χ0n) is 48.4. The van der Waals surface area contributed by atoms with Gasteiger partial charge >= 0.3 is 0 Å². The van der Waals surface area contributed by atoms with Crippen LogP contribution >= 0.6 is 92.8 Å². The van der Waals surface area contributed by atoms with Crippen molar-refractivity contribution in [1.29, 1.82) is 0 Å². The number of hydrogen-bond acceptors (Lipinski definition) is 11. The normalized spacial score (nSPS) is 13.2. The first-order chi connectivity index (χ1) is 44.7. The molecule has 11 heteroatoms. The predicted octanol–water partition coefficient (Wildman–Crippen LogP) is 20.7. The van der Waals surface area contributed by atoms with Crippen molar-refractivity contribution in [1.82, 2.24) is 0 Å². The second-order valence-corrected chi connectivity index (χ2v) is 31.5. The van der Waals surface area contributed by atoms with E-state index in [1.54, 1.807) is 45.8 Å². The molecular weight excluding hydrogens is 1270 g/mol. The summed E-state index contributed by atoms with van der Waals surface area (Å²) in [6.07, 6.45) is 7.69. The van der Waals surface area contributed by atoms with Gasteiger partial charge in [0.1, 0.15) is 0 Å². The van der Waals surface area contributed by atoms with E-state index in [4.69, 9.17) is 0 Å². The summed E-state index contributed by atoms with van der Waals surface area (Å²) < 4.78 is 5.79. The average molecular weight is 1310 g/mol. The van der Waals surface area contributed by atoms with Gasteiger partial charge in [-0.25, -0.2) is 0 Å². The predicted molar refractivity (Wildman–Crippen MR) is 391 cm³/mol. The van der Waals surface area contributed by atoms with Crippen molar-refractivity contribution in [3.8, 4) is 0 Å². The Bertz CT molecular complexity index is 5570. The van der Waals surface area contributed by atoms with Crippen molar-refractivity contribution in [2.24, 2.45) is 0 Å². The molecule has 3 aromatic heterocycles. The van der Waals surface area contributed by atoms with Gasteiger partial charge in [-0.3, -0.25) is 14.4 Å². The zero-order chi connectivity index (χ0) is 60.7. The van der Waals surface area contributed by atoms with Crippen molar-refractivity contribution in [2.75, 3.05) is 0 Å². The third-order valence-corrected chi connectivity index (χ3v) is 26.4. The summed E-state index contributed by atoms with van der Waals surface area (Å²) in [6, 6.07) is 84.1. The molecule has 5 aliphatic rings. The van der Waals surface area contributed by atoms with Gasteiger partial charge in [0, 0.05) is 109 Å². The Morgan fingerprint density at radius 2 is 0.527 bits per heavy atom. The van der Waals surface area contributed by atoms with Crippen LogP contribution in [-0.4, -0.2) is 0 Å². The minimum Gasteiger partial charge on any atom is -0.289 e. The summed E-state index contributed by atoms with van der Waals surface area (Å²) in [5.41, 5.74) is 11.4. The van der Waals surface area contributed by atoms with Crippen LogP contribution in [0.4, 0.5) is 0 Å². The highest BCUT2D eigenvalue weighted by atomic mass is 32.2. The Morgan fingerprint density at radius 1 is 0.220 bits per heavy atom. The summed E-state index contributed by atoms with van der Waals surface area (Å²) in [5, 5.41) is 7.20. The summed E-state index contributed by atoms with van der Waals surface area (Å²) >= 11 is 14.2. The molecule has 0 bridgehead atoms. The molecular formula is C80H48O3S8. The van der Waals surface area contributed by atoms with Crippen molar-refractivity contribution < 1.29 is 0 Å². The second kappa shape index (κ2) is 23.8. The van der Waals surface area contributed by atoms with Crippen LogP contribution in [0.25, 0.3) is 72.7 Å². The van der Waals surface area contributed by atoms with E-state index in [-0.39, 0.29) is 16.3 Å². The summed E-state index contributed by atoms with van der Waals surface area (Å²) in [4.78, 5) is 52.1. The quantitative estimate of drug-likeness (QED) is 0.139. The fourth-order valence-corrected chi connectivity index (χ4v) is 21.2. The smallest absolute Gasteiger partial charge is 0.195 e. The Kier molecular flexibility index (Phi) is 14.8.